The van der Waals surface area contributed by atoms with E-state index in [4.69, 9.17) is 10.8 Å². The molecule has 90 valence electrons. The number of anilines is 2. The number of aliphatic hydroxyl groups is 1. The lowest BCUT2D eigenvalue weighted by Crippen LogP contribution is -2.23. The van der Waals surface area contributed by atoms with Crippen LogP contribution >= 0.6 is 0 Å². The van der Waals surface area contributed by atoms with Crippen LogP contribution < -0.4 is 16.7 Å². The van der Waals surface area contributed by atoms with Gasteiger partial charge < -0.3 is 21.1 Å². The largest absolute Gasteiger partial charge is 0.399 e. The molecule has 0 radical (unpaired) electrons. The molecule has 2 aromatic rings. The van der Waals surface area contributed by atoms with Crippen molar-refractivity contribution in [3.63, 3.8) is 0 Å². The third-order valence-electron chi connectivity index (χ3n) is 2.41. The van der Waals surface area contributed by atoms with Crippen molar-refractivity contribution in [1.29, 1.82) is 0 Å². The summed E-state index contributed by atoms with van der Waals surface area (Å²) in [5.41, 5.74) is 6.51. The second-order valence-corrected chi connectivity index (χ2v) is 3.92. The second kappa shape index (κ2) is 4.42. The van der Waals surface area contributed by atoms with Crippen LogP contribution in [0.2, 0.25) is 0 Å². The first-order valence-electron chi connectivity index (χ1n) is 5.27. The lowest BCUT2D eigenvalue weighted by Gasteiger charge is -2.13. The molecule has 17 heavy (non-hydrogen) atoms. The van der Waals surface area contributed by atoms with E-state index in [0.717, 1.165) is 5.39 Å². The molecule has 1 atom stereocenters. The number of benzene rings is 1. The molecule has 2 rings (SSSR count). The number of aliphatic hydroxyl groups excluding tert-OH is 1. The van der Waals surface area contributed by atoms with Gasteiger partial charge >= 0.3 is 5.69 Å². The first-order chi connectivity index (χ1) is 8.10. The Hall–Kier alpha value is -2.08. The Bertz CT molecular complexity index is 594. The molecule has 0 spiro atoms. The molecule has 1 aromatic carbocycles. The number of aromatic amines is 1. The highest BCUT2D eigenvalue weighted by Gasteiger charge is 2.08. The Morgan fingerprint density at radius 1 is 1.59 bits per heavy atom. The maximum absolute atomic E-state index is 11.4. The summed E-state index contributed by atoms with van der Waals surface area (Å²) in [7, 11) is 0. The van der Waals surface area contributed by atoms with Crippen LogP contribution in [-0.4, -0.2) is 27.7 Å². The maximum atomic E-state index is 11.4. The molecular formula is C11H14N4O2. The van der Waals surface area contributed by atoms with Gasteiger partial charge in [0.25, 0.3) is 0 Å². The zero-order chi connectivity index (χ0) is 12.4. The third kappa shape index (κ3) is 2.36. The summed E-state index contributed by atoms with van der Waals surface area (Å²) in [6, 6.07) is 4.97. The van der Waals surface area contributed by atoms with E-state index in [2.05, 4.69) is 15.3 Å². The first-order valence-corrected chi connectivity index (χ1v) is 5.27. The van der Waals surface area contributed by atoms with E-state index in [9.17, 15) is 4.79 Å². The van der Waals surface area contributed by atoms with Crippen molar-refractivity contribution in [3.8, 4) is 0 Å². The van der Waals surface area contributed by atoms with E-state index in [0.29, 0.717) is 17.0 Å². The zero-order valence-electron chi connectivity index (χ0n) is 9.40. The number of nitrogen functional groups attached to an aromatic ring is 1. The van der Waals surface area contributed by atoms with Crippen molar-refractivity contribution < 1.29 is 5.11 Å². The monoisotopic (exact) mass is 234 g/mol. The number of nitrogens with two attached hydrogens (primary N) is 1. The summed E-state index contributed by atoms with van der Waals surface area (Å²) in [6.45, 7) is 1.75. The van der Waals surface area contributed by atoms with Crippen LogP contribution in [0.25, 0.3) is 10.9 Å². The molecule has 1 unspecified atom stereocenters. The molecule has 0 bridgehead atoms. The number of rotatable bonds is 3. The lowest BCUT2D eigenvalue weighted by atomic mass is 10.2. The summed E-state index contributed by atoms with van der Waals surface area (Å²) >= 11 is 0. The van der Waals surface area contributed by atoms with Crippen LogP contribution in [0.4, 0.5) is 11.5 Å². The van der Waals surface area contributed by atoms with E-state index >= 15 is 0 Å². The average molecular weight is 234 g/mol. The lowest BCUT2D eigenvalue weighted by molar-refractivity contribution is 0.281. The number of nitrogens with one attached hydrogen (secondary N) is 2. The molecule has 6 heteroatoms. The van der Waals surface area contributed by atoms with Crippen LogP contribution in [0.3, 0.4) is 0 Å². The minimum atomic E-state index is -0.435. The Labute approximate surface area is 97.5 Å². The fourth-order valence-electron chi connectivity index (χ4n) is 1.56. The molecule has 0 saturated carbocycles. The summed E-state index contributed by atoms with van der Waals surface area (Å²) in [5, 5.41) is 12.7. The van der Waals surface area contributed by atoms with Gasteiger partial charge in [-0.15, -0.1) is 0 Å². The summed E-state index contributed by atoms with van der Waals surface area (Å²) in [5.74, 6) is 0.428. The SMILES string of the molecule is CC(CO)Nc1nc(=O)[nH]c2ccc(N)cc12. The van der Waals surface area contributed by atoms with Crippen LogP contribution in [0.15, 0.2) is 23.0 Å². The van der Waals surface area contributed by atoms with E-state index in [1.54, 1.807) is 25.1 Å². The molecular weight excluding hydrogens is 220 g/mol. The highest BCUT2D eigenvalue weighted by molar-refractivity contribution is 5.91. The van der Waals surface area contributed by atoms with Crippen molar-refractivity contribution in [2.24, 2.45) is 0 Å². The quantitative estimate of drug-likeness (QED) is 0.572. The number of fused-ring (bicyclic) bond motifs is 1. The first kappa shape index (κ1) is 11.4. The van der Waals surface area contributed by atoms with Crippen molar-refractivity contribution in [2.75, 3.05) is 17.7 Å². The predicted octanol–water partition coefficient (Wildman–Crippen LogP) is 0.298. The second-order valence-electron chi connectivity index (χ2n) is 3.92. The number of hydrogen-bond donors (Lipinski definition) is 4. The van der Waals surface area contributed by atoms with Gasteiger partial charge in [-0.2, -0.15) is 4.98 Å². The van der Waals surface area contributed by atoms with Gasteiger partial charge in [0.05, 0.1) is 12.1 Å². The minimum absolute atomic E-state index is 0.0434. The van der Waals surface area contributed by atoms with Gasteiger partial charge in [-0.1, -0.05) is 0 Å². The predicted molar refractivity (Wildman–Crippen MR) is 66.9 cm³/mol. The van der Waals surface area contributed by atoms with Crippen LogP contribution in [0.1, 0.15) is 6.92 Å². The van der Waals surface area contributed by atoms with Crippen molar-refractivity contribution in [1.82, 2.24) is 9.97 Å². The Morgan fingerprint density at radius 3 is 3.06 bits per heavy atom. The van der Waals surface area contributed by atoms with E-state index in [1.807, 2.05) is 0 Å². The van der Waals surface area contributed by atoms with Gasteiger partial charge in [0, 0.05) is 17.1 Å². The van der Waals surface area contributed by atoms with E-state index in [1.165, 1.54) is 0 Å². The van der Waals surface area contributed by atoms with Gasteiger partial charge in [0.15, 0.2) is 0 Å². The highest BCUT2D eigenvalue weighted by atomic mass is 16.3. The van der Waals surface area contributed by atoms with Gasteiger partial charge in [-0.05, 0) is 25.1 Å². The fraction of sp³-hybridized carbons (Fsp3) is 0.273. The molecule has 1 heterocycles. The Balaban J connectivity index is 2.59. The van der Waals surface area contributed by atoms with Crippen LogP contribution in [0, 0.1) is 0 Å². The maximum Gasteiger partial charge on any atom is 0.347 e. The van der Waals surface area contributed by atoms with Crippen molar-refractivity contribution >= 4 is 22.4 Å². The number of hydrogen-bond acceptors (Lipinski definition) is 5. The summed E-state index contributed by atoms with van der Waals surface area (Å²) in [6.07, 6.45) is 0. The topological polar surface area (TPSA) is 104 Å². The van der Waals surface area contributed by atoms with E-state index in [-0.39, 0.29) is 12.6 Å². The number of nitrogens with zero attached hydrogens (tertiary/aromatic N) is 1. The third-order valence-corrected chi connectivity index (χ3v) is 2.41. The molecule has 0 amide bonds. The van der Waals surface area contributed by atoms with Gasteiger partial charge in [-0.3, -0.25) is 0 Å². The van der Waals surface area contributed by atoms with Crippen LogP contribution in [0.5, 0.6) is 0 Å². The average Bonchev–Trinajstić information content (AvgIpc) is 2.29. The van der Waals surface area contributed by atoms with E-state index < -0.39 is 5.69 Å². The van der Waals surface area contributed by atoms with Gasteiger partial charge in [0.1, 0.15) is 5.82 Å². The standard InChI is InChI=1S/C11H14N4O2/c1-6(5-16)13-10-8-4-7(12)2-3-9(8)14-11(17)15-10/h2-4,6,16H,5,12H2,1H3,(H2,13,14,15,17). The normalized spacial score (nSPS) is 12.6. The number of aromatic nitrogens is 2. The molecule has 0 aliphatic heterocycles. The Morgan fingerprint density at radius 2 is 2.35 bits per heavy atom. The summed E-state index contributed by atoms with van der Waals surface area (Å²) < 4.78 is 0. The molecule has 6 nitrogen and oxygen atoms in total. The molecule has 0 saturated heterocycles. The molecule has 0 aliphatic rings. The Kier molecular flexibility index (Phi) is 2.97. The summed E-state index contributed by atoms with van der Waals surface area (Å²) in [4.78, 5) is 17.8. The smallest absolute Gasteiger partial charge is 0.347 e. The molecule has 0 aliphatic carbocycles. The van der Waals surface area contributed by atoms with Gasteiger partial charge in [0.2, 0.25) is 0 Å². The van der Waals surface area contributed by atoms with Crippen molar-refractivity contribution in [2.45, 2.75) is 13.0 Å². The highest BCUT2D eigenvalue weighted by Crippen LogP contribution is 2.20. The molecule has 5 N–H and O–H groups in total. The fourth-order valence-corrected chi connectivity index (χ4v) is 1.56. The molecule has 1 aromatic heterocycles. The van der Waals surface area contributed by atoms with Crippen molar-refractivity contribution in [3.05, 3.63) is 28.7 Å². The number of H-pyrrole nitrogens is 1. The molecule has 0 fully saturated rings. The minimum Gasteiger partial charge on any atom is -0.399 e. The zero-order valence-corrected chi connectivity index (χ0v) is 9.40. The van der Waals surface area contributed by atoms with Crippen LogP contribution in [-0.2, 0) is 0 Å². The van der Waals surface area contributed by atoms with Gasteiger partial charge in [-0.25, -0.2) is 4.79 Å².